The molecular formula is C17H22FNO. The summed E-state index contributed by atoms with van der Waals surface area (Å²) in [6, 6.07) is 6.19. The van der Waals surface area contributed by atoms with E-state index in [2.05, 4.69) is 20.8 Å². The molecule has 3 heteroatoms. The van der Waals surface area contributed by atoms with Gasteiger partial charge in [0.25, 0.3) is 0 Å². The fourth-order valence-electron chi connectivity index (χ4n) is 3.75. The maximum Gasteiger partial charge on any atom is 0.140 e. The molecule has 0 amide bonds. The van der Waals surface area contributed by atoms with Gasteiger partial charge in [0.15, 0.2) is 0 Å². The zero-order chi connectivity index (χ0) is 14.9. The Labute approximate surface area is 120 Å². The van der Waals surface area contributed by atoms with Crippen molar-refractivity contribution in [1.29, 1.82) is 5.26 Å². The van der Waals surface area contributed by atoms with Crippen molar-refractivity contribution in [2.45, 2.75) is 46.1 Å². The predicted octanol–water partition coefficient (Wildman–Crippen LogP) is 4.19. The van der Waals surface area contributed by atoms with Gasteiger partial charge >= 0.3 is 0 Å². The first kappa shape index (κ1) is 15.0. The Morgan fingerprint density at radius 3 is 2.75 bits per heavy atom. The molecule has 1 N–H and O–H groups in total. The van der Waals surface area contributed by atoms with Crippen LogP contribution >= 0.6 is 0 Å². The number of aliphatic hydroxyl groups excluding tert-OH is 1. The van der Waals surface area contributed by atoms with Gasteiger partial charge in [-0.25, -0.2) is 4.39 Å². The van der Waals surface area contributed by atoms with Gasteiger partial charge in [-0.15, -0.1) is 0 Å². The monoisotopic (exact) mass is 275 g/mol. The topological polar surface area (TPSA) is 44.0 Å². The zero-order valence-corrected chi connectivity index (χ0v) is 12.4. The smallest absolute Gasteiger partial charge is 0.140 e. The molecule has 0 heterocycles. The molecule has 1 aromatic rings. The van der Waals surface area contributed by atoms with Crippen molar-refractivity contribution < 1.29 is 9.50 Å². The zero-order valence-electron chi connectivity index (χ0n) is 12.4. The second-order valence-corrected chi connectivity index (χ2v) is 6.68. The van der Waals surface area contributed by atoms with Gasteiger partial charge in [-0.05, 0) is 41.4 Å². The summed E-state index contributed by atoms with van der Waals surface area (Å²) >= 11 is 0. The fraction of sp³-hybridized carbons (Fsp3) is 0.588. The van der Waals surface area contributed by atoms with Gasteiger partial charge in [0, 0.05) is 0 Å². The van der Waals surface area contributed by atoms with Crippen LogP contribution < -0.4 is 0 Å². The lowest BCUT2D eigenvalue weighted by atomic mass is 9.61. The standard InChI is InChI=1S/C17H22FNO/c1-11-5-4-8-17(2,3)15(11)16(20)12-6-7-14(18)13(9-12)10-19/h6-7,9,11,15-16,20H,4-5,8H2,1-3H3/t11-,15+,16?/m0/s1. The van der Waals surface area contributed by atoms with Gasteiger partial charge in [-0.2, -0.15) is 5.26 Å². The summed E-state index contributed by atoms with van der Waals surface area (Å²) in [5, 5.41) is 19.6. The van der Waals surface area contributed by atoms with E-state index in [9.17, 15) is 9.50 Å². The number of hydrogen-bond acceptors (Lipinski definition) is 2. The van der Waals surface area contributed by atoms with E-state index in [1.54, 1.807) is 6.07 Å². The maximum atomic E-state index is 13.4. The molecule has 1 aliphatic rings. The molecule has 1 fully saturated rings. The first-order valence-electron chi connectivity index (χ1n) is 7.24. The molecule has 0 aromatic heterocycles. The molecule has 1 aromatic carbocycles. The van der Waals surface area contributed by atoms with E-state index in [-0.39, 0.29) is 16.9 Å². The van der Waals surface area contributed by atoms with Crippen LogP contribution in [-0.2, 0) is 0 Å². The van der Waals surface area contributed by atoms with Crippen molar-refractivity contribution >= 4 is 0 Å². The van der Waals surface area contributed by atoms with Gasteiger partial charge in [0.2, 0.25) is 0 Å². The minimum atomic E-state index is -0.645. The molecule has 0 saturated heterocycles. The Kier molecular flexibility index (Phi) is 4.15. The molecule has 20 heavy (non-hydrogen) atoms. The number of nitriles is 1. The largest absolute Gasteiger partial charge is 0.388 e. The highest BCUT2D eigenvalue weighted by Gasteiger charge is 2.41. The Balaban J connectivity index is 2.34. The van der Waals surface area contributed by atoms with E-state index in [0.29, 0.717) is 11.5 Å². The van der Waals surface area contributed by atoms with E-state index >= 15 is 0 Å². The van der Waals surface area contributed by atoms with Crippen LogP contribution in [0, 0.1) is 34.4 Å². The van der Waals surface area contributed by atoms with Crippen molar-refractivity contribution in [3.8, 4) is 6.07 Å². The quantitative estimate of drug-likeness (QED) is 0.879. The van der Waals surface area contributed by atoms with Crippen LogP contribution in [0.2, 0.25) is 0 Å². The van der Waals surface area contributed by atoms with E-state index in [1.807, 2.05) is 6.07 Å². The van der Waals surface area contributed by atoms with E-state index in [4.69, 9.17) is 5.26 Å². The van der Waals surface area contributed by atoms with Crippen molar-refractivity contribution in [2.75, 3.05) is 0 Å². The Bertz CT molecular complexity index is 532. The van der Waals surface area contributed by atoms with Crippen LogP contribution in [-0.4, -0.2) is 5.11 Å². The molecule has 2 nitrogen and oxygen atoms in total. The van der Waals surface area contributed by atoms with Gasteiger partial charge in [0.1, 0.15) is 11.9 Å². The number of rotatable bonds is 2. The van der Waals surface area contributed by atoms with Gasteiger partial charge in [-0.1, -0.05) is 39.7 Å². The first-order valence-corrected chi connectivity index (χ1v) is 7.24. The molecule has 1 unspecified atom stereocenters. The van der Waals surface area contributed by atoms with Gasteiger partial charge < -0.3 is 5.11 Å². The molecule has 1 saturated carbocycles. The molecule has 0 radical (unpaired) electrons. The van der Waals surface area contributed by atoms with Gasteiger partial charge in [0.05, 0.1) is 11.7 Å². The highest BCUT2D eigenvalue weighted by atomic mass is 19.1. The second-order valence-electron chi connectivity index (χ2n) is 6.68. The summed E-state index contributed by atoms with van der Waals surface area (Å²) < 4.78 is 13.4. The molecule has 1 aliphatic carbocycles. The summed E-state index contributed by atoms with van der Waals surface area (Å²) in [6.07, 6.45) is 2.74. The normalized spacial score (nSPS) is 26.8. The summed E-state index contributed by atoms with van der Waals surface area (Å²) in [5.74, 6) is 0.0250. The van der Waals surface area contributed by atoms with Gasteiger partial charge in [-0.3, -0.25) is 0 Å². The van der Waals surface area contributed by atoms with Crippen LogP contribution in [0.1, 0.15) is 57.3 Å². The number of aliphatic hydroxyl groups is 1. The molecule has 108 valence electrons. The van der Waals surface area contributed by atoms with E-state index < -0.39 is 11.9 Å². The molecular weight excluding hydrogens is 253 g/mol. The third kappa shape index (κ3) is 2.71. The average Bonchev–Trinajstić information content (AvgIpc) is 2.37. The number of halogens is 1. The van der Waals surface area contributed by atoms with Crippen molar-refractivity contribution in [3.05, 3.63) is 35.1 Å². The molecule has 0 bridgehead atoms. The molecule has 0 spiro atoms. The Morgan fingerprint density at radius 2 is 2.15 bits per heavy atom. The fourth-order valence-corrected chi connectivity index (χ4v) is 3.75. The number of benzene rings is 1. The van der Waals surface area contributed by atoms with Crippen LogP contribution in [0.15, 0.2) is 18.2 Å². The maximum absolute atomic E-state index is 13.4. The SMILES string of the molecule is C[C@H]1CCCC(C)(C)[C@H]1C(O)c1ccc(F)c(C#N)c1. The minimum Gasteiger partial charge on any atom is -0.388 e. The van der Waals surface area contributed by atoms with E-state index in [1.165, 1.54) is 18.6 Å². The summed E-state index contributed by atoms with van der Waals surface area (Å²) in [7, 11) is 0. The summed E-state index contributed by atoms with van der Waals surface area (Å²) in [6.45, 7) is 6.54. The third-order valence-electron chi connectivity index (χ3n) is 4.79. The van der Waals surface area contributed by atoms with Crippen molar-refractivity contribution in [3.63, 3.8) is 0 Å². The summed E-state index contributed by atoms with van der Waals surface area (Å²) in [4.78, 5) is 0. The molecule has 3 atom stereocenters. The van der Waals surface area contributed by atoms with Crippen LogP contribution in [0.5, 0.6) is 0 Å². The van der Waals surface area contributed by atoms with E-state index in [0.717, 1.165) is 12.8 Å². The molecule has 0 aliphatic heterocycles. The van der Waals surface area contributed by atoms with Crippen LogP contribution in [0.3, 0.4) is 0 Å². The van der Waals surface area contributed by atoms with Crippen molar-refractivity contribution in [1.82, 2.24) is 0 Å². The number of hydrogen-bond donors (Lipinski definition) is 1. The minimum absolute atomic E-state index is 0.00261. The third-order valence-corrected chi connectivity index (χ3v) is 4.79. The predicted molar refractivity (Wildman–Crippen MR) is 76.4 cm³/mol. The lowest BCUT2D eigenvalue weighted by Gasteiger charge is -2.45. The highest BCUT2D eigenvalue weighted by Crippen LogP contribution is 2.49. The lowest BCUT2D eigenvalue weighted by Crippen LogP contribution is -2.37. The highest BCUT2D eigenvalue weighted by molar-refractivity contribution is 5.35. The first-order chi connectivity index (χ1) is 9.36. The number of nitrogens with zero attached hydrogens (tertiary/aromatic N) is 1. The average molecular weight is 275 g/mol. The lowest BCUT2D eigenvalue weighted by molar-refractivity contribution is -0.0293. The van der Waals surface area contributed by atoms with Crippen LogP contribution in [0.25, 0.3) is 0 Å². The Hall–Kier alpha value is -1.40. The Morgan fingerprint density at radius 1 is 1.45 bits per heavy atom. The van der Waals surface area contributed by atoms with Crippen molar-refractivity contribution in [2.24, 2.45) is 17.3 Å². The summed E-state index contributed by atoms with van der Waals surface area (Å²) in [5.41, 5.74) is 0.704. The second kappa shape index (κ2) is 5.54. The van der Waals surface area contributed by atoms with Crippen LogP contribution in [0.4, 0.5) is 4.39 Å². The molecule has 2 rings (SSSR count).